The molecule has 3 aromatic heterocycles. The molecule has 1 aromatic carbocycles. The molecule has 9 nitrogen and oxygen atoms in total. The van der Waals surface area contributed by atoms with E-state index in [-0.39, 0.29) is 12.1 Å². The predicted molar refractivity (Wildman–Crippen MR) is 165 cm³/mol. The third-order valence-electron chi connectivity index (χ3n) is 10.1. The number of fused-ring (bicyclic) bond motifs is 4. The number of alkyl halides is 3. The van der Waals surface area contributed by atoms with Crippen LogP contribution >= 0.6 is 11.3 Å². The van der Waals surface area contributed by atoms with Crippen molar-refractivity contribution in [1.29, 1.82) is 0 Å². The number of nitrogens with zero attached hydrogens (tertiary/aromatic N) is 4. The molecule has 3 N–H and O–H groups in total. The monoisotopic (exact) mass is 636 g/mol. The molecule has 5 heterocycles. The van der Waals surface area contributed by atoms with Gasteiger partial charge < -0.3 is 16.0 Å². The number of rotatable bonds is 6. The number of aromatic nitrogens is 3. The average Bonchev–Trinajstić information content (AvgIpc) is 3.42. The second-order valence-electron chi connectivity index (χ2n) is 13.0. The van der Waals surface area contributed by atoms with Crippen LogP contribution in [0.1, 0.15) is 58.8 Å². The van der Waals surface area contributed by atoms with Crippen molar-refractivity contribution < 1.29 is 18.0 Å². The third kappa shape index (κ3) is 4.87. The van der Waals surface area contributed by atoms with Gasteiger partial charge >= 0.3 is 11.9 Å². The number of carbonyl (C=O) groups excluding carboxylic acids is 1. The van der Waals surface area contributed by atoms with E-state index in [0.29, 0.717) is 38.4 Å². The normalized spacial score (nSPS) is 23.2. The van der Waals surface area contributed by atoms with Crippen LogP contribution in [-0.2, 0) is 13.1 Å². The molecular weight excluding hydrogens is 605 g/mol. The number of halogens is 3. The van der Waals surface area contributed by atoms with E-state index in [1.165, 1.54) is 30.6 Å². The van der Waals surface area contributed by atoms with E-state index < -0.39 is 29.9 Å². The zero-order valence-corrected chi connectivity index (χ0v) is 25.1. The molecule has 3 fully saturated rings. The Morgan fingerprint density at radius 1 is 1.16 bits per heavy atom. The van der Waals surface area contributed by atoms with Crippen molar-refractivity contribution in [3.05, 3.63) is 79.6 Å². The van der Waals surface area contributed by atoms with Gasteiger partial charge in [0.25, 0.3) is 5.56 Å². The van der Waals surface area contributed by atoms with E-state index in [1.807, 2.05) is 18.2 Å². The highest BCUT2D eigenvalue weighted by molar-refractivity contribution is 7.19. The first-order chi connectivity index (χ1) is 21.5. The first-order valence-corrected chi connectivity index (χ1v) is 16.0. The number of hydrogen-bond donors (Lipinski definition) is 2. The lowest BCUT2D eigenvalue weighted by molar-refractivity contribution is -0.141. The number of benzene rings is 1. The van der Waals surface area contributed by atoms with Gasteiger partial charge in [-0.3, -0.25) is 23.7 Å². The molecule has 2 aliphatic carbocycles. The van der Waals surface area contributed by atoms with E-state index in [4.69, 9.17) is 5.73 Å². The van der Waals surface area contributed by atoms with Crippen LogP contribution in [0.3, 0.4) is 0 Å². The Morgan fingerprint density at radius 3 is 2.69 bits per heavy atom. The van der Waals surface area contributed by atoms with E-state index in [2.05, 4.69) is 15.2 Å². The van der Waals surface area contributed by atoms with Gasteiger partial charge in [0.15, 0.2) is 0 Å². The van der Waals surface area contributed by atoms with Gasteiger partial charge in [-0.15, -0.1) is 11.3 Å². The van der Waals surface area contributed by atoms with Crippen LogP contribution in [0.15, 0.2) is 52.3 Å². The fourth-order valence-electron chi connectivity index (χ4n) is 7.70. The first kappa shape index (κ1) is 28.5. The lowest BCUT2D eigenvalue weighted by Crippen LogP contribution is -2.46. The quantitative estimate of drug-likeness (QED) is 0.328. The summed E-state index contributed by atoms with van der Waals surface area (Å²) >= 11 is 1.33. The number of nitrogens with two attached hydrogens (primary N) is 1. The summed E-state index contributed by atoms with van der Waals surface area (Å²) in [5.74, 6) is 0.421. The Labute approximate surface area is 259 Å². The van der Waals surface area contributed by atoms with Crippen molar-refractivity contribution in [3.63, 3.8) is 0 Å². The molecule has 1 saturated heterocycles. The number of primary amides is 1. The second-order valence-corrected chi connectivity index (χ2v) is 14.1. The van der Waals surface area contributed by atoms with Gasteiger partial charge in [-0.1, -0.05) is 0 Å². The molecule has 2 saturated carbocycles. The van der Waals surface area contributed by atoms with Gasteiger partial charge in [0, 0.05) is 70.4 Å². The summed E-state index contributed by atoms with van der Waals surface area (Å²) < 4.78 is 41.2. The van der Waals surface area contributed by atoms with Gasteiger partial charge in [-0.2, -0.15) is 13.2 Å². The zero-order chi connectivity index (χ0) is 31.2. The molecule has 2 aliphatic heterocycles. The number of pyridine rings is 1. The van der Waals surface area contributed by atoms with Gasteiger partial charge in [0.1, 0.15) is 6.54 Å². The molecule has 4 aliphatic rings. The highest BCUT2D eigenvalue weighted by Gasteiger charge is 2.51. The summed E-state index contributed by atoms with van der Waals surface area (Å²) in [6.07, 6.45) is 3.73. The van der Waals surface area contributed by atoms with Crippen molar-refractivity contribution in [3.8, 4) is 11.1 Å². The smallest absolute Gasteiger partial charge is 0.366 e. The SMILES string of the molecule is NC(=O)c1cc(-c2ccnc3cc(Cn4c(=O)ccn(CC(F)(F)F)c4=O)sc23)c2c(c1)[C@@H]1C[C@@H]1CN2C1CNC2(CCC2)C1. The lowest BCUT2D eigenvalue weighted by atomic mass is 9.75. The summed E-state index contributed by atoms with van der Waals surface area (Å²) in [4.78, 5) is 45.7. The summed E-state index contributed by atoms with van der Waals surface area (Å²) in [5, 5.41) is 3.81. The predicted octanol–water partition coefficient (Wildman–Crippen LogP) is 4.20. The van der Waals surface area contributed by atoms with Gasteiger partial charge in [0.05, 0.1) is 16.8 Å². The second kappa shape index (κ2) is 10.0. The Balaban J connectivity index is 1.23. The van der Waals surface area contributed by atoms with Crippen LogP contribution in [0.4, 0.5) is 18.9 Å². The molecule has 0 bridgehead atoms. The number of amides is 1. The zero-order valence-electron chi connectivity index (χ0n) is 24.3. The minimum absolute atomic E-state index is 0.192. The minimum atomic E-state index is -4.61. The maximum atomic E-state index is 13.0. The molecule has 1 spiro atoms. The number of nitrogens with one attached hydrogen (secondary N) is 1. The molecule has 13 heteroatoms. The summed E-state index contributed by atoms with van der Waals surface area (Å²) in [6.45, 7) is 0.179. The van der Waals surface area contributed by atoms with Crippen LogP contribution < -0.4 is 27.2 Å². The largest absolute Gasteiger partial charge is 0.406 e. The summed E-state index contributed by atoms with van der Waals surface area (Å²) in [5.41, 5.74) is 9.46. The molecule has 8 rings (SSSR count). The van der Waals surface area contributed by atoms with E-state index in [1.54, 1.807) is 12.3 Å². The highest BCUT2D eigenvalue weighted by atomic mass is 32.1. The lowest BCUT2D eigenvalue weighted by Gasteiger charge is -2.41. The molecule has 0 radical (unpaired) electrons. The molecule has 3 atom stereocenters. The number of hydrogen-bond acceptors (Lipinski definition) is 7. The maximum absolute atomic E-state index is 13.0. The van der Waals surface area contributed by atoms with Crippen LogP contribution in [-0.4, -0.2) is 50.9 Å². The minimum Gasteiger partial charge on any atom is -0.366 e. The fraction of sp³-hybridized carbons (Fsp3) is 0.438. The van der Waals surface area contributed by atoms with Crippen LogP contribution in [0.25, 0.3) is 21.3 Å². The molecule has 1 amide bonds. The van der Waals surface area contributed by atoms with Crippen molar-refractivity contribution in [2.45, 2.75) is 68.9 Å². The number of carbonyl (C=O) groups is 1. The van der Waals surface area contributed by atoms with E-state index >= 15 is 0 Å². The summed E-state index contributed by atoms with van der Waals surface area (Å²) in [6, 6.07) is 8.79. The molecular formula is C32H31F3N6O3S. The topological polar surface area (TPSA) is 115 Å². The molecule has 234 valence electrons. The molecule has 4 aromatic rings. The molecule has 1 unspecified atom stereocenters. The molecule has 45 heavy (non-hydrogen) atoms. The van der Waals surface area contributed by atoms with Gasteiger partial charge in [-0.05, 0) is 73.8 Å². The average molecular weight is 637 g/mol. The number of anilines is 1. The highest BCUT2D eigenvalue weighted by Crippen LogP contribution is 2.58. The van der Waals surface area contributed by atoms with Crippen LogP contribution in [0.5, 0.6) is 0 Å². The van der Waals surface area contributed by atoms with Crippen molar-refractivity contribution in [2.75, 3.05) is 18.0 Å². The first-order valence-electron chi connectivity index (χ1n) is 15.2. The van der Waals surface area contributed by atoms with Crippen molar-refractivity contribution >= 4 is 33.1 Å². The van der Waals surface area contributed by atoms with Crippen molar-refractivity contribution in [1.82, 2.24) is 19.4 Å². The maximum Gasteiger partial charge on any atom is 0.406 e. The third-order valence-corrected chi connectivity index (χ3v) is 11.3. The Hall–Kier alpha value is -3.97. The van der Waals surface area contributed by atoms with E-state index in [0.717, 1.165) is 69.8 Å². The Morgan fingerprint density at radius 2 is 1.98 bits per heavy atom. The van der Waals surface area contributed by atoms with Crippen molar-refractivity contribution in [2.24, 2.45) is 11.7 Å². The van der Waals surface area contributed by atoms with Gasteiger partial charge in [0.2, 0.25) is 5.91 Å². The van der Waals surface area contributed by atoms with E-state index in [9.17, 15) is 27.6 Å². The van der Waals surface area contributed by atoms with Gasteiger partial charge in [-0.25, -0.2) is 4.79 Å². The Kier molecular flexibility index (Phi) is 6.34. The standard InChI is InChI=1S/C32H31F3N6O3S/c33-32(34,35)16-39-7-3-26(42)41(30(39)44)15-20-11-25-28(45-20)21(2-6-37-25)23-8-17(29(36)43)9-24-22-10-18(22)14-40(27(23)24)19-12-31(38-13-19)4-1-5-31/h2-3,6-9,11,18-19,22,38H,1,4-5,10,12-16H2,(H2,36,43)/t18-,19?,22-/m1/s1. The number of thiophene rings is 1. The van der Waals surface area contributed by atoms with Crippen LogP contribution in [0, 0.1) is 5.92 Å². The van der Waals surface area contributed by atoms with Crippen LogP contribution in [0.2, 0.25) is 0 Å². The summed E-state index contributed by atoms with van der Waals surface area (Å²) in [7, 11) is 0. The fourth-order valence-corrected chi connectivity index (χ4v) is 8.83. The Bertz CT molecular complexity index is 1990.